The maximum atomic E-state index is 13.7. The van der Waals surface area contributed by atoms with E-state index in [1.54, 1.807) is 6.07 Å². The van der Waals surface area contributed by atoms with E-state index in [0.29, 0.717) is 11.3 Å². The van der Waals surface area contributed by atoms with Crippen LogP contribution in [0.5, 0.6) is 11.6 Å². The molecule has 0 spiro atoms. The van der Waals surface area contributed by atoms with Crippen molar-refractivity contribution in [1.29, 1.82) is 0 Å². The number of aromatic hydroxyl groups is 1. The zero-order chi connectivity index (χ0) is 15.7. The standard InChI is InChI=1S/C17H15FN2O2/c1-10-4-3-5-14-16(10)12(17(21)20-14)9-19-11-6-7-15(22-2)13(18)8-11/h3-9,20-21H,1-2H3. The topological polar surface area (TPSA) is 57.6 Å². The van der Waals surface area contributed by atoms with Gasteiger partial charge in [-0.25, -0.2) is 4.39 Å². The Labute approximate surface area is 126 Å². The summed E-state index contributed by atoms with van der Waals surface area (Å²) >= 11 is 0. The van der Waals surface area contributed by atoms with Crippen LogP contribution in [0.4, 0.5) is 10.1 Å². The van der Waals surface area contributed by atoms with Crippen molar-refractivity contribution in [2.45, 2.75) is 6.92 Å². The summed E-state index contributed by atoms with van der Waals surface area (Å²) in [6.45, 7) is 1.96. The van der Waals surface area contributed by atoms with E-state index >= 15 is 0 Å². The van der Waals surface area contributed by atoms with Gasteiger partial charge < -0.3 is 14.8 Å². The van der Waals surface area contributed by atoms with Crippen molar-refractivity contribution < 1.29 is 14.2 Å². The number of hydrogen-bond acceptors (Lipinski definition) is 3. The van der Waals surface area contributed by atoms with Gasteiger partial charge >= 0.3 is 0 Å². The largest absolute Gasteiger partial charge is 0.494 e. The molecule has 0 radical (unpaired) electrons. The lowest BCUT2D eigenvalue weighted by molar-refractivity contribution is 0.386. The molecule has 0 atom stereocenters. The lowest BCUT2D eigenvalue weighted by Gasteiger charge is -2.02. The third-order valence-corrected chi connectivity index (χ3v) is 3.53. The molecule has 0 aliphatic carbocycles. The normalized spacial score (nSPS) is 11.4. The van der Waals surface area contributed by atoms with Gasteiger partial charge in [0.1, 0.15) is 0 Å². The quantitative estimate of drug-likeness (QED) is 0.716. The first kappa shape index (κ1) is 14.1. The zero-order valence-corrected chi connectivity index (χ0v) is 12.2. The van der Waals surface area contributed by atoms with Gasteiger partial charge in [-0.05, 0) is 30.7 Å². The second-order valence-electron chi connectivity index (χ2n) is 4.96. The van der Waals surface area contributed by atoms with Crippen molar-refractivity contribution in [2.75, 3.05) is 7.11 Å². The van der Waals surface area contributed by atoms with Crippen LogP contribution >= 0.6 is 0 Å². The fourth-order valence-corrected chi connectivity index (χ4v) is 2.44. The van der Waals surface area contributed by atoms with Gasteiger partial charge in [0.05, 0.1) is 18.4 Å². The first-order valence-electron chi connectivity index (χ1n) is 6.78. The molecule has 0 aliphatic heterocycles. The van der Waals surface area contributed by atoms with Gasteiger partial charge in [-0.2, -0.15) is 0 Å². The Hall–Kier alpha value is -2.82. The Balaban J connectivity index is 2.03. The molecular formula is C17H15FN2O2. The number of aliphatic imine (C=N–C) groups is 1. The molecule has 0 fully saturated rings. The highest BCUT2D eigenvalue weighted by Crippen LogP contribution is 2.29. The van der Waals surface area contributed by atoms with Gasteiger partial charge in [-0.3, -0.25) is 4.99 Å². The van der Waals surface area contributed by atoms with E-state index in [4.69, 9.17) is 4.74 Å². The Morgan fingerprint density at radius 1 is 1.27 bits per heavy atom. The molecule has 0 saturated heterocycles. The minimum absolute atomic E-state index is 0.0435. The molecular weight excluding hydrogens is 283 g/mol. The maximum Gasteiger partial charge on any atom is 0.198 e. The van der Waals surface area contributed by atoms with Crippen LogP contribution in [0.1, 0.15) is 11.1 Å². The van der Waals surface area contributed by atoms with Crippen LogP contribution in [0.15, 0.2) is 41.4 Å². The Kier molecular flexibility index (Phi) is 3.55. The number of methoxy groups -OCH3 is 1. The molecule has 0 aliphatic rings. The summed E-state index contributed by atoms with van der Waals surface area (Å²) in [7, 11) is 1.41. The van der Waals surface area contributed by atoms with Gasteiger partial charge in [-0.1, -0.05) is 12.1 Å². The molecule has 112 valence electrons. The smallest absolute Gasteiger partial charge is 0.198 e. The van der Waals surface area contributed by atoms with Crippen LogP contribution in [-0.4, -0.2) is 23.4 Å². The van der Waals surface area contributed by atoms with Crippen molar-refractivity contribution in [3.8, 4) is 11.6 Å². The van der Waals surface area contributed by atoms with Gasteiger partial charge in [0, 0.05) is 23.2 Å². The average molecular weight is 298 g/mol. The van der Waals surface area contributed by atoms with E-state index in [-0.39, 0.29) is 11.6 Å². The second kappa shape index (κ2) is 5.52. The van der Waals surface area contributed by atoms with Crippen LogP contribution in [0.25, 0.3) is 10.9 Å². The number of halogens is 1. The fraction of sp³-hybridized carbons (Fsp3) is 0.118. The summed E-state index contributed by atoms with van der Waals surface area (Å²) in [5.41, 5.74) is 2.89. The van der Waals surface area contributed by atoms with Crippen LogP contribution in [-0.2, 0) is 0 Å². The lowest BCUT2D eigenvalue weighted by Crippen LogP contribution is -1.87. The number of ether oxygens (including phenoxy) is 1. The molecule has 2 N–H and O–H groups in total. The number of hydrogen-bond donors (Lipinski definition) is 2. The average Bonchev–Trinajstić information content (AvgIpc) is 2.82. The van der Waals surface area contributed by atoms with Crippen LogP contribution in [0.3, 0.4) is 0 Å². The summed E-state index contributed by atoms with van der Waals surface area (Å²) < 4.78 is 18.5. The molecule has 0 bridgehead atoms. The highest BCUT2D eigenvalue weighted by molar-refractivity contribution is 6.04. The van der Waals surface area contributed by atoms with E-state index in [1.165, 1.54) is 25.5 Å². The lowest BCUT2D eigenvalue weighted by atomic mass is 10.1. The highest BCUT2D eigenvalue weighted by atomic mass is 19.1. The van der Waals surface area contributed by atoms with Crippen LogP contribution in [0, 0.1) is 12.7 Å². The molecule has 1 aromatic heterocycles. The van der Waals surface area contributed by atoms with Gasteiger partial charge in [0.25, 0.3) is 0 Å². The molecule has 4 nitrogen and oxygen atoms in total. The van der Waals surface area contributed by atoms with Gasteiger partial charge in [0.15, 0.2) is 17.4 Å². The van der Waals surface area contributed by atoms with Gasteiger partial charge in [0.2, 0.25) is 0 Å². The molecule has 0 unspecified atom stereocenters. The number of aromatic amines is 1. The molecule has 3 rings (SSSR count). The highest BCUT2D eigenvalue weighted by Gasteiger charge is 2.10. The maximum absolute atomic E-state index is 13.7. The fourth-order valence-electron chi connectivity index (χ4n) is 2.44. The van der Waals surface area contributed by atoms with E-state index in [9.17, 15) is 9.50 Å². The van der Waals surface area contributed by atoms with E-state index < -0.39 is 5.82 Å². The van der Waals surface area contributed by atoms with Crippen LogP contribution < -0.4 is 4.74 Å². The van der Waals surface area contributed by atoms with Crippen molar-refractivity contribution in [2.24, 2.45) is 4.99 Å². The Bertz CT molecular complexity index is 868. The predicted molar refractivity (Wildman–Crippen MR) is 84.9 cm³/mol. The summed E-state index contributed by atoms with van der Waals surface area (Å²) in [6, 6.07) is 10.2. The Morgan fingerprint density at radius 3 is 2.82 bits per heavy atom. The molecule has 0 amide bonds. The molecule has 22 heavy (non-hydrogen) atoms. The minimum atomic E-state index is -0.475. The van der Waals surface area contributed by atoms with Crippen molar-refractivity contribution in [3.63, 3.8) is 0 Å². The monoisotopic (exact) mass is 298 g/mol. The number of aryl methyl sites for hydroxylation is 1. The van der Waals surface area contributed by atoms with Gasteiger partial charge in [-0.15, -0.1) is 0 Å². The van der Waals surface area contributed by atoms with E-state index in [0.717, 1.165) is 16.5 Å². The molecule has 3 aromatic rings. The van der Waals surface area contributed by atoms with Crippen molar-refractivity contribution in [3.05, 3.63) is 53.3 Å². The van der Waals surface area contributed by atoms with Crippen molar-refractivity contribution in [1.82, 2.24) is 4.98 Å². The Morgan fingerprint density at radius 2 is 2.09 bits per heavy atom. The van der Waals surface area contributed by atoms with E-state index in [1.807, 2.05) is 25.1 Å². The number of nitrogens with one attached hydrogen (secondary N) is 1. The molecule has 1 heterocycles. The number of nitrogens with zero attached hydrogens (tertiary/aromatic N) is 1. The number of fused-ring (bicyclic) bond motifs is 1. The SMILES string of the molecule is COc1ccc(N=Cc2c(O)[nH]c3cccc(C)c23)cc1F. The first-order valence-corrected chi connectivity index (χ1v) is 6.78. The van der Waals surface area contributed by atoms with Crippen molar-refractivity contribution >= 4 is 22.8 Å². The third-order valence-electron chi connectivity index (χ3n) is 3.53. The predicted octanol–water partition coefficient (Wildman–Crippen LogP) is 4.08. The number of H-pyrrole nitrogens is 1. The number of rotatable bonds is 3. The third kappa shape index (κ3) is 2.41. The number of aromatic nitrogens is 1. The minimum Gasteiger partial charge on any atom is -0.494 e. The first-order chi connectivity index (χ1) is 10.6. The van der Waals surface area contributed by atoms with E-state index in [2.05, 4.69) is 9.98 Å². The molecule has 5 heteroatoms. The summed E-state index contributed by atoms with van der Waals surface area (Å²) in [4.78, 5) is 7.14. The molecule has 2 aromatic carbocycles. The second-order valence-corrected chi connectivity index (χ2v) is 4.96. The summed E-state index contributed by atoms with van der Waals surface area (Å²) in [5, 5.41) is 10.9. The van der Waals surface area contributed by atoms with Crippen LogP contribution in [0.2, 0.25) is 0 Å². The molecule has 0 saturated carbocycles. The zero-order valence-electron chi connectivity index (χ0n) is 12.2. The number of benzene rings is 2. The summed E-state index contributed by atoms with van der Waals surface area (Å²) in [5.74, 6) is -0.261. The summed E-state index contributed by atoms with van der Waals surface area (Å²) in [6.07, 6.45) is 1.53.